The van der Waals surface area contributed by atoms with Crippen molar-refractivity contribution < 1.29 is 18.3 Å². The van der Waals surface area contributed by atoms with Crippen molar-refractivity contribution in [2.45, 2.75) is 19.2 Å². The number of halogens is 4. The zero-order valence-electron chi connectivity index (χ0n) is 7.27. The molecule has 1 aromatic rings. The number of aliphatic hydroxyl groups is 1. The molecule has 0 radical (unpaired) electrons. The van der Waals surface area contributed by atoms with Crippen LogP contribution in [0.3, 0.4) is 0 Å². The maximum absolute atomic E-state index is 12.3. The molecule has 0 saturated carbocycles. The molecule has 14 heavy (non-hydrogen) atoms. The molecule has 0 amide bonds. The second-order valence-electron chi connectivity index (χ2n) is 2.91. The van der Waals surface area contributed by atoms with Gasteiger partial charge in [0.1, 0.15) is 0 Å². The number of rotatable bonds is 1. The van der Waals surface area contributed by atoms with Gasteiger partial charge in [0.25, 0.3) is 0 Å². The Bertz CT molecular complexity index is 333. The highest BCUT2D eigenvalue weighted by Gasteiger charge is 2.33. The Morgan fingerprint density at radius 1 is 1.36 bits per heavy atom. The zero-order valence-corrected chi connectivity index (χ0v) is 8.02. The van der Waals surface area contributed by atoms with Crippen LogP contribution in [-0.2, 0) is 6.18 Å². The van der Waals surface area contributed by atoms with Crippen LogP contribution in [0.15, 0.2) is 18.2 Å². The molecule has 0 fully saturated rings. The highest BCUT2D eigenvalue weighted by Crippen LogP contribution is 2.35. The molecule has 0 aliphatic heterocycles. The number of alkyl halides is 3. The van der Waals surface area contributed by atoms with Gasteiger partial charge in [-0.05, 0) is 24.6 Å². The van der Waals surface area contributed by atoms with Gasteiger partial charge in [-0.3, -0.25) is 0 Å². The van der Waals surface area contributed by atoms with Gasteiger partial charge < -0.3 is 5.11 Å². The van der Waals surface area contributed by atoms with E-state index in [1.54, 1.807) is 0 Å². The van der Waals surface area contributed by atoms with Crippen molar-refractivity contribution in [3.05, 3.63) is 34.3 Å². The second kappa shape index (κ2) is 3.79. The molecule has 1 N–H and O–H groups in total. The first-order valence-corrected chi connectivity index (χ1v) is 4.25. The molecule has 78 valence electrons. The fraction of sp³-hybridized carbons (Fsp3) is 0.333. The Morgan fingerprint density at radius 2 is 1.93 bits per heavy atom. The normalized spacial score (nSPS) is 14.1. The predicted molar refractivity (Wildman–Crippen MR) is 47.1 cm³/mol. The van der Waals surface area contributed by atoms with E-state index in [9.17, 15) is 13.2 Å². The molecule has 0 bridgehead atoms. The van der Waals surface area contributed by atoms with E-state index in [2.05, 4.69) is 0 Å². The van der Waals surface area contributed by atoms with Crippen molar-refractivity contribution in [1.29, 1.82) is 0 Å². The van der Waals surface area contributed by atoms with Crippen molar-refractivity contribution >= 4 is 11.6 Å². The summed E-state index contributed by atoms with van der Waals surface area (Å²) in [6.07, 6.45) is -5.42. The highest BCUT2D eigenvalue weighted by molar-refractivity contribution is 6.31. The first-order valence-electron chi connectivity index (χ1n) is 3.87. The maximum atomic E-state index is 12.3. The van der Waals surface area contributed by atoms with Crippen LogP contribution in [0.4, 0.5) is 13.2 Å². The third-order valence-electron chi connectivity index (χ3n) is 1.78. The summed E-state index contributed by atoms with van der Waals surface area (Å²) in [4.78, 5) is 0. The molecule has 1 rings (SSSR count). The van der Waals surface area contributed by atoms with Crippen molar-refractivity contribution in [2.75, 3.05) is 0 Å². The average Bonchev–Trinajstić information content (AvgIpc) is 2.02. The van der Waals surface area contributed by atoms with Gasteiger partial charge in [-0.2, -0.15) is 13.2 Å². The van der Waals surface area contributed by atoms with Crippen molar-refractivity contribution in [3.63, 3.8) is 0 Å². The van der Waals surface area contributed by atoms with Gasteiger partial charge >= 0.3 is 6.18 Å². The Kier molecular flexibility index (Phi) is 3.07. The van der Waals surface area contributed by atoms with Gasteiger partial charge in [0, 0.05) is 0 Å². The lowest BCUT2D eigenvalue weighted by atomic mass is 10.1. The number of aliphatic hydroxyl groups excluding tert-OH is 1. The summed E-state index contributed by atoms with van der Waals surface area (Å²) in [5, 5.41) is 8.73. The van der Waals surface area contributed by atoms with Crippen LogP contribution in [-0.4, -0.2) is 5.11 Å². The van der Waals surface area contributed by atoms with E-state index < -0.39 is 17.8 Å². The second-order valence-corrected chi connectivity index (χ2v) is 3.32. The molecule has 5 heteroatoms. The van der Waals surface area contributed by atoms with Crippen LogP contribution >= 0.6 is 11.6 Å². The van der Waals surface area contributed by atoms with Gasteiger partial charge in [-0.1, -0.05) is 17.7 Å². The van der Waals surface area contributed by atoms with E-state index in [1.807, 2.05) is 0 Å². The zero-order chi connectivity index (χ0) is 10.9. The minimum Gasteiger partial charge on any atom is -0.389 e. The van der Waals surface area contributed by atoms with Gasteiger partial charge in [0.2, 0.25) is 0 Å². The van der Waals surface area contributed by atoms with Crippen LogP contribution in [0.1, 0.15) is 24.2 Å². The molecule has 0 aliphatic rings. The fourth-order valence-electron chi connectivity index (χ4n) is 1.02. The van der Waals surface area contributed by atoms with Crippen LogP contribution < -0.4 is 0 Å². The monoisotopic (exact) mass is 224 g/mol. The summed E-state index contributed by atoms with van der Waals surface area (Å²) in [7, 11) is 0. The van der Waals surface area contributed by atoms with Crippen molar-refractivity contribution in [2.24, 2.45) is 0 Å². The number of hydrogen-bond acceptors (Lipinski definition) is 1. The van der Waals surface area contributed by atoms with E-state index in [-0.39, 0.29) is 10.6 Å². The summed E-state index contributed by atoms with van der Waals surface area (Å²) in [5.74, 6) is 0. The molecular weight excluding hydrogens is 217 g/mol. The largest absolute Gasteiger partial charge is 0.417 e. The summed E-state index contributed by atoms with van der Waals surface area (Å²) in [6, 6.07) is 3.35. The smallest absolute Gasteiger partial charge is 0.389 e. The number of benzene rings is 1. The SMILES string of the molecule is C[C@H](O)c1ccc(Cl)c(C(F)(F)F)c1. The van der Waals surface area contributed by atoms with Gasteiger partial charge in [-0.25, -0.2) is 0 Å². The molecule has 0 saturated heterocycles. The van der Waals surface area contributed by atoms with E-state index in [0.717, 1.165) is 12.1 Å². The predicted octanol–water partition coefficient (Wildman–Crippen LogP) is 3.41. The van der Waals surface area contributed by atoms with Crippen LogP contribution in [0.5, 0.6) is 0 Å². The quantitative estimate of drug-likeness (QED) is 0.775. The molecule has 1 atom stereocenters. The van der Waals surface area contributed by atoms with E-state index in [0.29, 0.717) is 0 Å². The van der Waals surface area contributed by atoms with Crippen LogP contribution in [0.2, 0.25) is 5.02 Å². The lowest BCUT2D eigenvalue weighted by molar-refractivity contribution is -0.137. The van der Waals surface area contributed by atoms with Gasteiger partial charge in [0.15, 0.2) is 0 Å². The Morgan fingerprint density at radius 3 is 2.36 bits per heavy atom. The summed E-state index contributed by atoms with van der Waals surface area (Å²) >= 11 is 5.38. The molecule has 0 heterocycles. The maximum Gasteiger partial charge on any atom is 0.417 e. The molecule has 1 aromatic carbocycles. The molecule has 0 aromatic heterocycles. The fourth-order valence-corrected chi connectivity index (χ4v) is 1.24. The third kappa shape index (κ3) is 2.39. The standard InChI is InChI=1S/C9H8ClF3O/c1-5(14)6-2-3-8(10)7(4-6)9(11,12)13/h2-5,14H,1H3/t5-/m0/s1. The van der Waals surface area contributed by atoms with Gasteiger partial charge in [-0.15, -0.1) is 0 Å². The van der Waals surface area contributed by atoms with Gasteiger partial charge in [0.05, 0.1) is 16.7 Å². The Balaban J connectivity index is 3.22. The molecule has 0 unspecified atom stereocenters. The lowest BCUT2D eigenvalue weighted by Crippen LogP contribution is -2.07. The third-order valence-corrected chi connectivity index (χ3v) is 2.11. The minimum absolute atomic E-state index is 0.196. The Labute approximate surface area is 84.1 Å². The molecule has 1 nitrogen and oxygen atoms in total. The average molecular weight is 225 g/mol. The lowest BCUT2D eigenvalue weighted by Gasteiger charge is -2.11. The summed E-state index contributed by atoms with van der Waals surface area (Å²) in [5.41, 5.74) is -0.723. The van der Waals surface area contributed by atoms with Crippen molar-refractivity contribution in [3.8, 4) is 0 Å². The first kappa shape index (κ1) is 11.3. The summed E-state index contributed by atoms with van der Waals surface area (Å²) < 4.78 is 37.0. The molecule has 0 spiro atoms. The van der Waals surface area contributed by atoms with E-state index >= 15 is 0 Å². The Hall–Kier alpha value is -0.740. The minimum atomic E-state index is -4.48. The topological polar surface area (TPSA) is 20.2 Å². The highest BCUT2D eigenvalue weighted by atomic mass is 35.5. The first-order chi connectivity index (χ1) is 6.32. The van der Waals surface area contributed by atoms with Crippen molar-refractivity contribution in [1.82, 2.24) is 0 Å². The summed E-state index contributed by atoms with van der Waals surface area (Å²) in [6.45, 7) is 1.39. The van der Waals surface area contributed by atoms with Crippen LogP contribution in [0, 0.1) is 0 Å². The molecule has 0 aliphatic carbocycles. The number of hydrogen-bond donors (Lipinski definition) is 1. The van der Waals surface area contributed by atoms with E-state index in [4.69, 9.17) is 16.7 Å². The van der Waals surface area contributed by atoms with E-state index in [1.165, 1.54) is 13.0 Å². The van der Waals surface area contributed by atoms with Crippen LogP contribution in [0.25, 0.3) is 0 Å². The molecular formula is C9H8ClF3O.